The molecule has 0 saturated heterocycles. The molecule has 0 spiro atoms. The van der Waals surface area contributed by atoms with E-state index in [0.29, 0.717) is 11.3 Å². The van der Waals surface area contributed by atoms with E-state index in [4.69, 9.17) is 4.74 Å². The van der Waals surface area contributed by atoms with E-state index < -0.39 is 24.3 Å². The van der Waals surface area contributed by atoms with E-state index in [-0.39, 0.29) is 12.4 Å². The predicted molar refractivity (Wildman–Crippen MR) is 73.2 cm³/mol. The number of pyridine rings is 1. The molecule has 0 bridgehead atoms. The van der Waals surface area contributed by atoms with Gasteiger partial charge in [0.1, 0.15) is 18.0 Å². The number of hydrogen-bond donors (Lipinski definition) is 1. The summed E-state index contributed by atoms with van der Waals surface area (Å²) >= 11 is 0. The van der Waals surface area contributed by atoms with E-state index >= 15 is 0 Å². The van der Waals surface area contributed by atoms with Gasteiger partial charge in [0.25, 0.3) is 0 Å². The first kappa shape index (κ1) is 16.7. The average Bonchev–Trinajstić information content (AvgIpc) is 2.46. The van der Waals surface area contributed by atoms with Gasteiger partial charge in [0.15, 0.2) is 0 Å². The molecule has 1 heterocycles. The smallest absolute Gasteiger partial charge is 0.397 e. The largest absolute Gasteiger partial charge is 0.439 e. The van der Waals surface area contributed by atoms with E-state index in [1.165, 1.54) is 42.6 Å². The first-order chi connectivity index (χ1) is 10.8. The van der Waals surface area contributed by atoms with Gasteiger partial charge in [-0.2, -0.15) is 13.2 Å². The zero-order valence-electron chi connectivity index (χ0n) is 11.7. The van der Waals surface area contributed by atoms with Crippen molar-refractivity contribution in [1.82, 2.24) is 10.3 Å². The summed E-state index contributed by atoms with van der Waals surface area (Å²) in [6.45, 7) is -0.0861. The Morgan fingerprint density at radius 2 is 1.87 bits per heavy atom. The second-order valence-electron chi connectivity index (χ2n) is 4.63. The van der Waals surface area contributed by atoms with Gasteiger partial charge in [-0.25, -0.2) is 9.37 Å². The average molecular weight is 328 g/mol. The van der Waals surface area contributed by atoms with E-state index in [9.17, 15) is 22.4 Å². The quantitative estimate of drug-likeness (QED) is 0.854. The van der Waals surface area contributed by atoms with Gasteiger partial charge >= 0.3 is 6.18 Å². The van der Waals surface area contributed by atoms with Crippen molar-refractivity contribution in [1.29, 1.82) is 0 Å². The fourth-order valence-electron chi connectivity index (χ4n) is 1.68. The van der Waals surface area contributed by atoms with Crippen LogP contribution in [0.25, 0.3) is 0 Å². The van der Waals surface area contributed by atoms with Crippen molar-refractivity contribution in [3.63, 3.8) is 0 Å². The monoisotopic (exact) mass is 328 g/mol. The minimum absolute atomic E-state index is 0.0861. The number of nitrogens with one attached hydrogen (secondary N) is 1. The third-order valence-corrected chi connectivity index (χ3v) is 2.69. The van der Waals surface area contributed by atoms with Crippen LogP contribution in [-0.2, 0) is 11.3 Å². The number of alkyl halides is 3. The molecule has 0 aliphatic carbocycles. The minimum atomic E-state index is -4.54. The van der Waals surface area contributed by atoms with Crippen LogP contribution < -0.4 is 10.1 Å². The Kier molecular flexibility index (Phi) is 5.15. The van der Waals surface area contributed by atoms with E-state index in [2.05, 4.69) is 10.3 Å². The highest BCUT2D eigenvalue weighted by Gasteiger charge is 2.30. The van der Waals surface area contributed by atoms with Crippen LogP contribution >= 0.6 is 0 Å². The highest BCUT2D eigenvalue weighted by atomic mass is 19.4. The number of carbonyl (C=O) groups is 1. The van der Waals surface area contributed by atoms with Crippen LogP contribution in [0.15, 0.2) is 42.6 Å². The maximum absolute atomic E-state index is 12.8. The van der Waals surface area contributed by atoms with Gasteiger partial charge < -0.3 is 10.1 Å². The molecule has 1 N–H and O–H groups in total. The summed E-state index contributed by atoms with van der Waals surface area (Å²) in [6, 6.07) is 8.26. The molecule has 4 nitrogen and oxygen atoms in total. The third-order valence-electron chi connectivity index (χ3n) is 2.69. The molecule has 0 atom stereocenters. The lowest BCUT2D eigenvalue weighted by molar-refractivity contribution is -0.153. The van der Waals surface area contributed by atoms with Crippen LogP contribution in [-0.4, -0.2) is 17.1 Å². The van der Waals surface area contributed by atoms with E-state index in [0.717, 1.165) is 0 Å². The van der Waals surface area contributed by atoms with Gasteiger partial charge in [-0.05, 0) is 35.9 Å². The summed E-state index contributed by atoms with van der Waals surface area (Å²) in [7, 11) is 0. The van der Waals surface area contributed by atoms with E-state index in [1.807, 2.05) is 0 Å². The van der Waals surface area contributed by atoms with Crippen LogP contribution in [0.3, 0.4) is 0 Å². The number of ether oxygens (including phenoxy) is 1. The Labute approximate surface area is 129 Å². The molecule has 122 valence electrons. The lowest BCUT2D eigenvalue weighted by Crippen LogP contribution is -2.28. The number of rotatable bonds is 5. The number of carbonyl (C=O) groups excluding carboxylic acids is 1. The first-order valence-corrected chi connectivity index (χ1v) is 6.54. The molecule has 1 aromatic carbocycles. The molecule has 0 saturated carbocycles. The normalized spacial score (nSPS) is 11.1. The Balaban J connectivity index is 1.94. The lowest BCUT2D eigenvalue weighted by atomic mass is 10.2. The molecule has 1 aromatic heterocycles. The van der Waals surface area contributed by atoms with Crippen molar-refractivity contribution in [2.24, 2.45) is 0 Å². The lowest BCUT2D eigenvalue weighted by Gasteiger charge is -2.09. The molecule has 8 heteroatoms. The number of benzene rings is 1. The number of nitrogens with zero attached hydrogens (tertiary/aromatic N) is 1. The fourth-order valence-corrected chi connectivity index (χ4v) is 1.68. The van der Waals surface area contributed by atoms with Gasteiger partial charge in [-0.3, -0.25) is 4.79 Å². The standard InChI is InChI=1S/C15H12F4N2O2/c16-11-1-3-12(4-2-11)23-14-7-10(5-6-20-14)9-21-13(22)8-15(17,18)19/h1-7H,8-9H2,(H,21,22). The van der Waals surface area contributed by atoms with Crippen molar-refractivity contribution in [3.8, 4) is 11.6 Å². The van der Waals surface area contributed by atoms with Gasteiger partial charge in [-0.1, -0.05) is 0 Å². The molecule has 0 fully saturated rings. The van der Waals surface area contributed by atoms with Crippen LogP contribution in [0.2, 0.25) is 0 Å². The molecule has 2 rings (SSSR count). The maximum atomic E-state index is 12.8. The van der Waals surface area contributed by atoms with Crippen molar-refractivity contribution >= 4 is 5.91 Å². The second kappa shape index (κ2) is 7.08. The van der Waals surface area contributed by atoms with Crippen molar-refractivity contribution in [3.05, 3.63) is 54.0 Å². The molecule has 2 aromatic rings. The molecular weight excluding hydrogens is 316 g/mol. The SMILES string of the molecule is O=C(CC(F)(F)F)NCc1ccnc(Oc2ccc(F)cc2)c1. The summed E-state index contributed by atoms with van der Waals surface area (Å²) in [6.07, 6.45) is -4.68. The van der Waals surface area contributed by atoms with Crippen molar-refractivity contribution < 1.29 is 27.1 Å². The molecule has 0 aliphatic rings. The van der Waals surface area contributed by atoms with Crippen LogP contribution in [0, 0.1) is 5.82 Å². The first-order valence-electron chi connectivity index (χ1n) is 6.54. The van der Waals surface area contributed by atoms with Crippen molar-refractivity contribution in [2.75, 3.05) is 0 Å². The topological polar surface area (TPSA) is 51.2 Å². The molecule has 1 amide bonds. The number of halogens is 4. The molecule has 0 unspecified atom stereocenters. The van der Waals surface area contributed by atoms with Gasteiger partial charge in [-0.15, -0.1) is 0 Å². The summed E-state index contributed by atoms with van der Waals surface area (Å²) < 4.78 is 54.3. The van der Waals surface area contributed by atoms with Gasteiger partial charge in [0.05, 0.1) is 0 Å². The van der Waals surface area contributed by atoms with E-state index in [1.54, 1.807) is 0 Å². The number of amides is 1. The molecule has 23 heavy (non-hydrogen) atoms. The zero-order chi connectivity index (χ0) is 16.9. The Morgan fingerprint density at radius 3 is 2.52 bits per heavy atom. The van der Waals surface area contributed by atoms with Crippen molar-refractivity contribution in [2.45, 2.75) is 19.1 Å². The minimum Gasteiger partial charge on any atom is -0.439 e. The fraction of sp³-hybridized carbons (Fsp3) is 0.200. The summed E-state index contributed by atoms with van der Waals surface area (Å²) in [5.41, 5.74) is 0.521. The summed E-state index contributed by atoms with van der Waals surface area (Å²) in [5.74, 6) is -0.988. The number of hydrogen-bond acceptors (Lipinski definition) is 3. The van der Waals surface area contributed by atoms with Gasteiger partial charge in [0, 0.05) is 18.8 Å². The Morgan fingerprint density at radius 1 is 1.17 bits per heavy atom. The van der Waals surface area contributed by atoms with Crippen LogP contribution in [0.4, 0.5) is 17.6 Å². The summed E-state index contributed by atoms with van der Waals surface area (Å²) in [4.78, 5) is 15.1. The molecule has 0 aliphatic heterocycles. The van der Waals surface area contributed by atoms with Crippen LogP contribution in [0.5, 0.6) is 11.6 Å². The molecular formula is C15H12F4N2O2. The second-order valence-corrected chi connectivity index (χ2v) is 4.63. The number of aromatic nitrogens is 1. The molecule has 0 radical (unpaired) electrons. The summed E-state index contributed by atoms with van der Waals surface area (Å²) in [5, 5.41) is 2.16. The van der Waals surface area contributed by atoms with Gasteiger partial charge in [0.2, 0.25) is 11.8 Å². The maximum Gasteiger partial charge on any atom is 0.397 e. The Bertz CT molecular complexity index is 672. The predicted octanol–water partition coefficient (Wildman–Crippen LogP) is 3.58. The zero-order valence-corrected chi connectivity index (χ0v) is 11.7. The Hall–Kier alpha value is -2.64. The highest BCUT2D eigenvalue weighted by Crippen LogP contribution is 2.21. The van der Waals surface area contributed by atoms with Crippen LogP contribution in [0.1, 0.15) is 12.0 Å². The third kappa shape index (κ3) is 5.93. The highest BCUT2D eigenvalue weighted by molar-refractivity contribution is 5.76.